The van der Waals surface area contributed by atoms with Crippen LogP contribution >= 0.6 is 0 Å². The minimum Gasteiger partial charge on any atom is -0.393 e. The summed E-state index contributed by atoms with van der Waals surface area (Å²) in [4.78, 5) is 29.0. The molecule has 3 aliphatic rings. The largest absolute Gasteiger partial charge is 0.393 e. The van der Waals surface area contributed by atoms with Crippen molar-refractivity contribution in [2.45, 2.75) is 75.6 Å². The van der Waals surface area contributed by atoms with E-state index < -0.39 is 0 Å². The van der Waals surface area contributed by atoms with Crippen LogP contribution in [0.3, 0.4) is 0 Å². The Bertz CT molecular complexity index is 687. The summed E-state index contributed by atoms with van der Waals surface area (Å²) in [5.74, 6) is 1.03. The molecule has 28 heavy (non-hydrogen) atoms. The van der Waals surface area contributed by atoms with Crippen molar-refractivity contribution < 1.29 is 9.90 Å². The lowest BCUT2D eigenvalue weighted by Crippen LogP contribution is -2.62. The third-order valence-electron chi connectivity index (χ3n) is 6.84. The molecule has 1 saturated carbocycles. The molecule has 1 aliphatic carbocycles. The first-order valence-corrected chi connectivity index (χ1v) is 10.7. The Kier molecular flexibility index (Phi) is 5.56. The van der Waals surface area contributed by atoms with E-state index in [-0.39, 0.29) is 11.6 Å². The molecule has 7 nitrogen and oxygen atoms in total. The molecule has 0 radical (unpaired) electrons. The lowest BCUT2D eigenvalue weighted by molar-refractivity contribution is -0.152. The van der Waals surface area contributed by atoms with Crippen LogP contribution in [0.4, 0.5) is 5.95 Å². The van der Waals surface area contributed by atoms with Crippen molar-refractivity contribution >= 4 is 11.9 Å². The molecular weight excluding hydrogens is 354 g/mol. The van der Waals surface area contributed by atoms with Gasteiger partial charge in [0.1, 0.15) is 5.54 Å². The number of nitrogens with zero attached hydrogens (tertiary/aromatic N) is 5. The number of piperidine rings is 1. The lowest BCUT2D eigenvalue weighted by Gasteiger charge is -2.48. The van der Waals surface area contributed by atoms with Crippen molar-refractivity contribution in [3.63, 3.8) is 0 Å². The summed E-state index contributed by atoms with van der Waals surface area (Å²) in [6.07, 6.45) is 11.1. The van der Waals surface area contributed by atoms with Crippen LogP contribution in [0.5, 0.6) is 0 Å². The predicted molar refractivity (Wildman–Crippen MR) is 108 cm³/mol. The average molecular weight is 388 g/mol. The van der Waals surface area contributed by atoms with Crippen LogP contribution in [0.15, 0.2) is 12.4 Å². The highest BCUT2D eigenvalue weighted by Crippen LogP contribution is 2.41. The van der Waals surface area contributed by atoms with E-state index in [1.54, 1.807) is 0 Å². The maximum absolute atomic E-state index is 13.7. The first kappa shape index (κ1) is 19.6. The number of hydrogen-bond acceptors (Lipinski definition) is 6. The van der Waals surface area contributed by atoms with Gasteiger partial charge < -0.3 is 14.9 Å². The van der Waals surface area contributed by atoms with E-state index in [0.29, 0.717) is 17.9 Å². The zero-order valence-corrected chi connectivity index (χ0v) is 17.2. The van der Waals surface area contributed by atoms with Gasteiger partial charge in [0.25, 0.3) is 0 Å². The van der Waals surface area contributed by atoms with Gasteiger partial charge in [-0.2, -0.15) is 0 Å². The number of aliphatic hydroxyl groups excluding tert-OH is 1. The van der Waals surface area contributed by atoms with Gasteiger partial charge in [-0.3, -0.25) is 9.69 Å². The summed E-state index contributed by atoms with van der Waals surface area (Å²) in [6, 6.07) is 0.304. The van der Waals surface area contributed by atoms with Gasteiger partial charge >= 0.3 is 0 Å². The fourth-order valence-corrected chi connectivity index (χ4v) is 5.31. The molecule has 0 bridgehead atoms. The van der Waals surface area contributed by atoms with Crippen molar-refractivity contribution in [1.82, 2.24) is 19.8 Å². The second kappa shape index (κ2) is 7.95. The Morgan fingerprint density at radius 1 is 1.11 bits per heavy atom. The van der Waals surface area contributed by atoms with E-state index in [4.69, 9.17) is 0 Å². The van der Waals surface area contributed by atoms with Crippen LogP contribution in [0.1, 0.15) is 56.9 Å². The van der Waals surface area contributed by atoms with E-state index in [1.165, 1.54) is 0 Å². The number of hydrogen-bond donors (Lipinski definition) is 1. The lowest BCUT2D eigenvalue weighted by atomic mass is 9.82. The highest BCUT2D eigenvalue weighted by molar-refractivity contribution is 5.87. The summed E-state index contributed by atoms with van der Waals surface area (Å²) in [7, 11) is 3.87. The predicted octanol–water partition coefficient (Wildman–Crippen LogP) is 1.80. The van der Waals surface area contributed by atoms with E-state index in [2.05, 4.69) is 19.8 Å². The second-order valence-corrected chi connectivity index (χ2v) is 8.91. The second-order valence-electron chi connectivity index (χ2n) is 8.91. The quantitative estimate of drug-likeness (QED) is 0.849. The molecule has 2 aliphatic heterocycles. The third-order valence-corrected chi connectivity index (χ3v) is 6.84. The minimum atomic E-state index is -0.353. The molecule has 1 aromatic heterocycles. The van der Waals surface area contributed by atoms with Gasteiger partial charge in [0, 0.05) is 51.2 Å². The molecule has 1 spiro atoms. The van der Waals surface area contributed by atoms with Crippen LogP contribution in [0.2, 0.25) is 0 Å². The molecule has 1 unspecified atom stereocenters. The molecule has 7 heteroatoms. The number of aromatic nitrogens is 2. The number of rotatable bonds is 4. The molecule has 1 amide bonds. The standard InChI is InChI=1S/C21H33N5O2/c1-24(2)20-22-13-16(14-23-20)15-25-11-3-9-21(25)10-4-12-26(19(21)28)17-5-7-18(27)8-6-17/h13-14,17-18,27H,3-12,15H2,1-2H3. The first-order chi connectivity index (χ1) is 13.5. The van der Waals surface area contributed by atoms with Crippen molar-refractivity contribution in [3.05, 3.63) is 18.0 Å². The van der Waals surface area contributed by atoms with E-state index >= 15 is 0 Å². The Morgan fingerprint density at radius 2 is 1.75 bits per heavy atom. The number of likely N-dealkylation sites (tertiary alicyclic amines) is 2. The average Bonchev–Trinajstić information content (AvgIpc) is 3.08. The topological polar surface area (TPSA) is 72.8 Å². The molecule has 2 saturated heterocycles. The van der Waals surface area contributed by atoms with Crippen LogP contribution in [0, 0.1) is 0 Å². The molecule has 0 aromatic carbocycles. The SMILES string of the molecule is CN(C)c1ncc(CN2CCCC23CCCN(C2CCC(O)CC2)C3=O)cn1. The van der Waals surface area contributed by atoms with Gasteiger partial charge in [0.2, 0.25) is 11.9 Å². The van der Waals surface area contributed by atoms with Crippen molar-refractivity contribution in [2.75, 3.05) is 32.1 Å². The van der Waals surface area contributed by atoms with Crippen molar-refractivity contribution in [2.24, 2.45) is 0 Å². The van der Waals surface area contributed by atoms with Gasteiger partial charge in [-0.15, -0.1) is 0 Å². The number of aliphatic hydroxyl groups is 1. The minimum absolute atomic E-state index is 0.182. The summed E-state index contributed by atoms with van der Waals surface area (Å²) < 4.78 is 0. The zero-order valence-electron chi connectivity index (χ0n) is 17.2. The molecule has 3 heterocycles. The number of anilines is 1. The molecule has 4 rings (SSSR count). The Balaban J connectivity index is 1.49. The van der Waals surface area contributed by atoms with Gasteiger partial charge in [-0.05, 0) is 57.9 Å². The summed E-state index contributed by atoms with van der Waals surface area (Å²) >= 11 is 0. The van der Waals surface area contributed by atoms with Gasteiger partial charge in [-0.25, -0.2) is 9.97 Å². The molecule has 1 N–H and O–H groups in total. The molecule has 1 atom stereocenters. The number of amides is 1. The maximum Gasteiger partial charge on any atom is 0.243 e. The Hall–Kier alpha value is -1.73. The Morgan fingerprint density at radius 3 is 2.39 bits per heavy atom. The van der Waals surface area contributed by atoms with Crippen molar-refractivity contribution in [1.29, 1.82) is 0 Å². The van der Waals surface area contributed by atoms with Crippen LogP contribution in [0.25, 0.3) is 0 Å². The van der Waals surface area contributed by atoms with Crippen LogP contribution < -0.4 is 4.90 Å². The molecule has 3 fully saturated rings. The maximum atomic E-state index is 13.7. The molecule has 154 valence electrons. The van der Waals surface area contributed by atoms with Crippen LogP contribution in [-0.2, 0) is 11.3 Å². The third kappa shape index (κ3) is 3.62. The van der Waals surface area contributed by atoms with Gasteiger partial charge in [-0.1, -0.05) is 0 Å². The first-order valence-electron chi connectivity index (χ1n) is 10.7. The summed E-state index contributed by atoms with van der Waals surface area (Å²) in [6.45, 7) is 2.56. The Labute approximate surface area is 167 Å². The highest BCUT2D eigenvalue weighted by Gasteiger charge is 2.51. The fraction of sp³-hybridized carbons (Fsp3) is 0.762. The molecular formula is C21H33N5O2. The van der Waals surface area contributed by atoms with E-state index in [9.17, 15) is 9.90 Å². The summed E-state index contributed by atoms with van der Waals surface area (Å²) in [5, 5.41) is 9.83. The van der Waals surface area contributed by atoms with Crippen molar-refractivity contribution in [3.8, 4) is 0 Å². The van der Waals surface area contributed by atoms with Crippen LogP contribution in [-0.4, -0.2) is 75.7 Å². The molecule has 1 aromatic rings. The van der Waals surface area contributed by atoms with E-state index in [0.717, 1.165) is 76.6 Å². The summed E-state index contributed by atoms with van der Waals surface area (Å²) in [5.41, 5.74) is 0.715. The number of carbonyl (C=O) groups excluding carboxylic acids is 1. The monoisotopic (exact) mass is 387 g/mol. The van der Waals surface area contributed by atoms with Gasteiger partial charge in [0.05, 0.1) is 6.10 Å². The normalized spacial score (nSPS) is 31.5. The van der Waals surface area contributed by atoms with Gasteiger partial charge in [0.15, 0.2) is 0 Å². The number of carbonyl (C=O) groups is 1. The smallest absolute Gasteiger partial charge is 0.243 e. The van der Waals surface area contributed by atoms with E-state index in [1.807, 2.05) is 31.4 Å². The highest BCUT2D eigenvalue weighted by atomic mass is 16.3. The fourth-order valence-electron chi connectivity index (χ4n) is 5.31. The zero-order chi connectivity index (χ0) is 19.7.